The molecule has 26 heavy (non-hydrogen) atoms. The summed E-state index contributed by atoms with van der Waals surface area (Å²) in [5.41, 5.74) is 0. The summed E-state index contributed by atoms with van der Waals surface area (Å²) < 4.78 is 2.01. The average Bonchev–Trinajstić information content (AvgIpc) is 3.25. The molecule has 1 aromatic heterocycles. The molecular weight excluding hydrogens is 373 g/mol. The molecule has 1 aliphatic carbocycles. The monoisotopic (exact) mass is 405 g/mol. The highest BCUT2D eigenvalue weighted by Gasteiger charge is 2.23. The first-order chi connectivity index (χ1) is 11.8. The van der Waals surface area contributed by atoms with Gasteiger partial charge in [-0.2, -0.15) is 5.10 Å². The first-order valence-corrected chi connectivity index (χ1v) is 9.46. The molecule has 0 radical (unpaired) electrons. The second-order valence-corrected chi connectivity index (χ2v) is 7.26. The summed E-state index contributed by atoms with van der Waals surface area (Å²) in [5, 5.41) is 10.7. The zero-order valence-corrected chi connectivity index (χ0v) is 17.3. The van der Waals surface area contributed by atoms with Gasteiger partial charge in [-0.1, -0.05) is 12.8 Å². The van der Waals surface area contributed by atoms with Gasteiger partial charge in [-0.05, 0) is 64.7 Å². The van der Waals surface area contributed by atoms with Crippen LogP contribution in [0, 0.1) is 5.92 Å². The molecule has 0 spiro atoms. The van der Waals surface area contributed by atoms with Gasteiger partial charge in [0.1, 0.15) is 5.82 Å². The lowest BCUT2D eigenvalue weighted by atomic mass is 9.93. The van der Waals surface area contributed by atoms with Crippen molar-refractivity contribution < 1.29 is 4.79 Å². The van der Waals surface area contributed by atoms with Gasteiger partial charge in [-0.25, -0.2) is 4.68 Å². The van der Waals surface area contributed by atoms with E-state index in [-0.39, 0.29) is 30.7 Å². The molecule has 1 saturated heterocycles. The molecule has 1 amide bonds. The topological polar surface area (TPSA) is 62.2 Å². The third kappa shape index (κ3) is 6.41. The van der Waals surface area contributed by atoms with Crippen molar-refractivity contribution in [3.05, 3.63) is 12.3 Å². The maximum atomic E-state index is 12.4. The minimum atomic E-state index is 0. The lowest BCUT2D eigenvalue weighted by Gasteiger charge is -2.31. The molecule has 2 heterocycles. The van der Waals surface area contributed by atoms with Crippen LogP contribution in [0.5, 0.6) is 0 Å². The van der Waals surface area contributed by atoms with Gasteiger partial charge in [-0.3, -0.25) is 9.69 Å². The van der Waals surface area contributed by atoms with E-state index in [4.69, 9.17) is 0 Å². The lowest BCUT2D eigenvalue weighted by molar-refractivity contribution is -0.117. The number of halogens is 2. The number of nitrogens with zero attached hydrogens (tertiary/aromatic N) is 3. The number of amides is 1. The smallest absolute Gasteiger partial charge is 0.239 e. The largest absolute Gasteiger partial charge is 0.320 e. The molecule has 1 aliphatic heterocycles. The number of likely N-dealkylation sites (tertiary alicyclic amines) is 1. The van der Waals surface area contributed by atoms with Gasteiger partial charge in [-0.15, -0.1) is 24.8 Å². The van der Waals surface area contributed by atoms with Gasteiger partial charge in [0, 0.05) is 6.07 Å². The summed E-state index contributed by atoms with van der Waals surface area (Å²) in [5.74, 6) is 1.75. The van der Waals surface area contributed by atoms with Gasteiger partial charge >= 0.3 is 0 Å². The Labute approximate surface area is 169 Å². The predicted octanol–water partition coefficient (Wildman–Crippen LogP) is 3.10. The summed E-state index contributed by atoms with van der Waals surface area (Å²) in [6.45, 7) is 3.65. The van der Waals surface area contributed by atoms with E-state index in [1.165, 1.54) is 44.9 Å². The van der Waals surface area contributed by atoms with Crippen LogP contribution in [0.15, 0.2) is 12.3 Å². The van der Waals surface area contributed by atoms with Crippen molar-refractivity contribution in [3.63, 3.8) is 0 Å². The molecule has 0 unspecified atom stereocenters. The molecular formula is C18H33Cl2N5O. The van der Waals surface area contributed by atoms with Crippen molar-refractivity contribution in [2.45, 2.75) is 51.0 Å². The number of hydrogen-bond donors (Lipinski definition) is 2. The van der Waals surface area contributed by atoms with Crippen molar-refractivity contribution in [1.82, 2.24) is 20.0 Å². The van der Waals surface area contributed by atoms with E-state index < -0.39 is 0 Å². The summed E-state index contributed by atoms with van der Waals surface area (Å²) in [6, 6.07) is 2.37. The Morgan fingerprint density at radius 1 is 1.19 bits per heavy atom. The van der Waals surface area contributed by atoms with E-state index in [0.717, 1.165) is 31.4 Å². The van der Waals surface area contributed by atoms with Gasteiger partial charge in [0.15, 0.2) is 0 Å². The highest BCUT2D eigenvalue weighted by molar-refractivity contribution is 5.91. The number of carbonyl (C=O) groups excluding carboxylic acids is 1. The molecule has 0 atom stereocenters. The Kier molecular flexibility index (Phi) is 10.5. The maximum absolute atomic E-state index is 12.4. The number of hydrogen-bond acceptors (Lipinski definition) is 4. The summed E-state index contributed by atoms with van der Waals surface area (Å²) in [6.07, 6.45) is 10.3. The molecule has 6 nitrogen and oxygen atoms in total. The molecule has 2 N–H and O–H groups in total. The minimum absolute atomic E-state index is 0. The van der Waals surface area contributed by atoms with E-state index in [1.54, 1.807) is 6.20 Å². The number of anilines is 1. The molecule has 0 bridgehead atoms. The highest BCUT2D eigenvalue weighted by atomic mass is 35.5. The Morgan fingerprint density at radius 3 is 2.54 bits per heavy atom. The standard InChI is InChI=1S/C18H31N5O.2ClH/c1-19-10-6-15-8-12-22(13-9-15)14-18(24)21-17-7-11-20-23(17)16-4-2-3-5-16;;/h7,11,15-16,19H,2-6,8-10,12-14H2,1H3,(H,21,24);2*1H. The molecule has 2 fully saturated rings. The van der Waals surface area contributed by atoms with Crippen molar-refractivity contribution in [3.8, 4) is 0 Å². The first-order valence-electron chi connectivity index (χ1n) is 9.46. The first kappa shape index (κ1) is 23.2. The second-order valence-electron chi connectivity index (χ2n) is 7.26. The van der Waals surface area contributed by atoms with Crippen molar-refractivity contribution >= 4 is 36.5 Å². The van der Waals surface area contributed by atoms with E-state index in [0.29, 0.717) is 12.6 Å². The zero-order chi connectivity index (χ0) is 16.8. The van der Waals surface area contributed by atoms with Crippen LogP contribution in [0.25, 0.3) is 0 Å². The van der Waals surface area contributed by atoms with Gasteiger partial charge in [0.25, 0.3) is 0 Å². The van der Waals surface area contributed by atoms with Gasteiger partial charge in [0.05, 0.1) is 18.8 Å². The number of nitrogens with one attached hydrogen (secondary N) is 2. The van der Waals surface area contributed by atoms with Gasteiger partial charge in [0.2, 0.25) is 5.91 Å². The fraction of sp³-hybridized carbons (Fsp3) is 0.778. The lowest BCUT2D eigenvalue weighted by Crippen LogP contribution is -2.39. The Bertz CT molecular complexity index is 525. The highest BCUT2D eigenvalue weighted by Crippen LogP contribution is 2.31. The molecule has 2 aliphatic rings. The SMILES string of the molecule is CNCCC1CCN(CC(=O)Nc2ccnn2C2CCCC2)CC1.Cl.Cl. The van der Waals surface area contributed by atoms with Crippen LogP contribution < -0.4 is 10.6 Å². The van der Waals surface area contributed by atoms with Crippen LogP contribution in [0.2, 0.25) is 0 Å². The minimum Gasteiger partial charge on any atom is -0.320 e. The van der Waals surface area contributed by atoms with Gasteiger partial charge < -0.3 is 10.6 Å². The third-order valence-electron chi connectivity index (χ3n) is 5.49. The van der Waals surface area contributed by atoms with E-state index >= 15 is 0 Å². The number of piperidine rings is 1. The molecule has 150 valence electrons. The van der Waals surface area contributed by atoms with Crippen LogP contribution in [0.4, 0.5) is 5.82 Å². The number of aromatic nitrogens is 2. The summed E-state index contributed by atoms with van der Waals surface area (Å²) in [4.78, 5) is 14.7. The summed E-state index contributed by atoms with van der Waals surface area (Å²) in [7, 11) is 2.01. The molecule has 1 aromatic rings. The quantitative estimate of drug-likeness (QED) is 0.731. The Morgan fingerprint density at radius 2 is 1.88 bits per heavy atom. The van der Waals surface area contributed by atoms with Crippen LogP contribution >= 0.6 is 24.8 Å². The van der Waals surface area contributed by atoms with Crippen LogP contribution in [-0.4, -0.2) is 53.8 Å². The normalized spacial score (nSPS) is 19.0. The van der Waals surface area contributed by atoms with E-state index in [9.17, 15) is 4.79 Å². The maximum Gasteiger partial charge on any atom is 0.239 e. The van der Waals surface area contributed by atoms with E-state index in [2.05, 4.69) is 20.6 Å². The fourth-order valence-corrected chi connectivity index (χ4v) is 4.02. The number of rotatable bonds is 7. The zero-order valence-electron chi connectivity index (χ0n) is 15.7. The number of carbonyl (C=O) groups is 1. The fourth-order valence-electron chi connectivity index (χ4n) is 4.02. The molecule has 1 saturated carbocycles. The van der Waals surface area contributed by atoms with Crippen molar-refractivity contribution in [2.75, 3.05) is 38.5 Å². The van der Waals surface area contributed by atoms with Crippen molar-refractivity contribution in [1.29, 1.82) is 0 Å². The Balaban J connectivity index is 0.00000169. The predicted molar refractivity (Wildman–Crippen MR) is 111 cm³/mol. The Hall–Kier alpha value is -0.820. The average molecular weight is 406 g/mol. The molecule has 0 aromatic carbocycles. The summed E-state index contributed by atoms with van der Waals surface area (Å²) >= 11 is 0. The van der Waals surface area contributed by atoms with E-state index in [1.807, 2.05) is 17.8 Å². The van der Waals surface area contributed by atoms with Crippen molar-refractivity contribution in [2.24, 2.45) is 5.92 Å². The molecule has 8 heteroatoms. The van der Waals surface area contributed by atoms with Crippen LogP contribution in [0.3, 0.4) is 0 Å². The van der Waals surface area contributed by atoms with Crippen LogP contribution in [0.1, 0.15) is 51.0 Å². The second kappa shape index (κ2) is 11.8. The third-order valence-corrected chi connectivity index (χ3v) is 5.49. The van der Waals surface area contributed by atoms with Crippen LogP contribution in [-0.2, 0) is 4.79 Å². The molecule has 3 rings (SSSR count).